The van der Waals surface area contributed by atoms with Crippen LogP contribution in [0.4, 0.5) is 4.79 Å². The van der Waals surface area contributed by atoms with Crippen LogP contribution in [0.15, 0.2) is 12.2 Å². The van der Waals surface area contributed by atoms with Crippen LogP contribution < -0.4 is 0 Å². The summed E-state index contributed by atoms with van der Waals surface area (Å²) in [5, 5.41) is 0. The van der Waals surface area contributed by atoms with Crippen molar-refractivity contribution >= 4 is 6.09 Å². The van der Waals surface area contributed by atoms with E-state index in [9.17, 15) is 4.79 Å². The number of amides is 1. The van der Waals surface area contributed by atoms with Crippen molar-refractivity contribution in [1.82, 2.24) is 4.90 Å². The Balaban J connectivity index is 2.34. The summed E-state index contributed by atoms with van der Waals surface area (Å²) in [5.74, 6) is 0. The fourth-order valence-corrected chi connectivity index (χ4v) is 1.02. The molecule has 1 heterocycles. The first-order valence-corrected chi connectivity index (χ1v) is 3.91. The highest BCUT2D eigenvalue weighted by atomic mass is 16.6. The second-order valence-electron chi connectivity index (χ2n) is 2.41. The number of hydrogen-bond acceptors (Lipinski definition) is 2. The van der Waals surface area contributed by atoms with E-state index < -0.39 is 0 Å². The van der Waals surface area contributed by atoms with Gasteiger partial charge in [-0.05, 0) is 13.3 Å². The number of rotatable bonds is 1. The van der Waals surface area contributed by atoms with Crippen molar-refractivity contribution in [2.75, 3.05) is 19.7 Å². The Kier molecular flexibility index (Phi) is 2.95. The van der Waals surface area contributed by atoms with Crippen molar-refractivity contribution in [1.29, 1.82) is 0 Å². The van der Waals surface area contributed by atoms with Gasteiger partial charge >= 0.3 is 6.09 Å². The molecule has 0 radical (unpaired) electrons. The van der Waals surface area contributed by atoms with Crippen molar-refractivity contribution in [2.24, 2.45) is 0 Å². The van der Waals surface area contributed by atoms with Crippen LogP contribution in [0.5, 0.6) is 0 Å². The third-order valence-corrected chi connectivity index (χ3v) is 1.58. The monoisotopic (exact) mass is 155 g/mol. The Labute approximate surface area is 66.6 Å². The van der Waals surface area contributed by atoms with Crippen LogP contribution in [-0.4, -0.2) is 30.7 Å². The number of hydrogen-bond donors (Lipinski definition) is 0. The molecule has 1 amide bonds. The van der Waals surface area contributed by atoms with E-state index >= 15 is 0 Å². The lowest BCUT2D eigenvalue weighted by Gasteiger charge is -2.21. The van der Waals surface area contributed by atoms with Crippen molar-refractivity contribution in [3.05, 3.63) is 12.2 Å². The molecule has 0 saturated heterocycles. The van der Waals surface area contributed by atoms with Crippen LogP contribution in [-0.2, 0) is 4.74 Å². The maximum absolute atomic E-state index is 11.1. The standard InChI is InChI=1S/C8H13NO2/c1-2-11-8(10)9-6-4-3-5-7-9/h3-4H,2,5-7H2,1H3. The maximum atomic E-state index is 11.1. The summed E-state index contributed by atoms with van der Waals surface area (Å²) in [7, 11) is 0. The van der Waals surface area contributed by atoms with E-state index in [1.807, 2.05) is 13.0 Å². The molecule has 0 aromatic carbocycles. The average Bonchev–Trinajstić information content (AvgIpc) is 2.07. The van der Waals surface area contributed by atoms with E-state index in [0.29, 0.717) is 13.2 Å². The quantitative estimate of drug-likeness (QED) is 0.536. The van der Waals surface area contributed by atoms with Gasteiger partial charge in [0, 0.05) is 13.1 Å². The molecule has 1 aliphatic rings. The molecule has 0 bridgehead atoms. The summed E-state index contributed by atoms with van der Waals surface area (Å²) in [6, 6.07) is 0. The van der Waals surface area contributed by atoms with Crippen molar-refractivity contribution < 1.29 is 9.53 Å². The summed E-state index contributed by atoms with van der Waals surface area (Å²) < 4.78 is 4.83. The van der Waals surface area contributed by atoms with E-state index in [0.717, 1.165) is 13.0 Å². The van der Waals surface area contributed by atoms with Gasteiger partial charge in [0.15, 0.2) is 0 Å². The topological polar surface area (TPSA) is 29.5 Å². The maximum Gasteiger partial charge on any atom is 0.410 e. The molecule has 1 rings (SSSR count). The van der Waals surface area contributed by atoms with Crippen molar-refractivity contribution in [2.45, 2.75) is 13.3 Å². The summed E-state index contributed by atoms with van der Waals surface area (Å²) in [6.07, 6.45) is 4.81. The largest absolute Gasteiger partial charge is 0.450 e. The highest BCUT2D eigenvalue weighted by molar-refractivity contribution is 5.67. The summed E-state index contributed by atoms with van der Waals surface area (Å²) >= 11 is 0. The van der Waals surface area contributed by atoms with Gasteiger partial charge in [0.05, 0.1) is 6.61 Å². The zero-order valence-electron chi connectivity index (χ0n) is 6.75. The van der Waals surface area contributed by atoms with Gasteiger partial charge in [-0.3, -0.25) is 0 Å². The van der Waals surface area contributed by atoms with Gasteiger partial charge in [0.2, 0.25) is 0 Å². The number of nitrogens with zero attached hydrogens (tertiary/aromatic N) is 1. The number of carbonyl (C=O) groups is 1. The smallest absolute Gasteiger partial charge is 0.410 e. The predicted octanol–water partition coefficient (Wildman–Crippen LogP) is 1.40. The molecule has 0 spiro atoms. The molecule has 11 heavy (non-hydrogen) atoms. The Morgan fingerprint density at radius 3 is 3.00 bits per heavy atom. The van der Waals surface area contributed by atoms with Crippen LogP contribution in [0.1, 0.15) is 13.3 Å². The minimum atomic E-state index is -0.197. The molecule has 0 unspecified atom stereocenters. The van der Waals surface area contributed by atoms with Gasteiger partial charge in [-0.25, -0.2) is 4.79 Å². The van der Waals surface area contributed by atoms with Gasteiger partial charge in [0.1, 0.15) is 0 Å². The van der Waals surface area contributed by atoms with E-state index in [-0.39, 0.29) is 6.09 Å². The zero-order chi connectivity index (χ0) is 8.10. The average molecular weight is 155 g/mol. The lowest BCUT2D eigenvalue weighted by Crippen LogP contribution is -2.34. The lowest BCUT2D eigenvalue weighted by molar-refractivity contribution is 0.111. The van der Waals surface area contributed by atoms with E-state index in [4.69, 9.17) is 4.74 Å². The third-order valence-electron chi connectivity index (χ3n) is 1.58. The summed E-state index contributed by atoms with van der Waals surface area (Å²) in [6.45, 7) is 3.75. The van der Waals surface area contributed by atoms with Gasteiger partial charge in [-0.1, -0.05) is 12.2 Å². The summed E-state index contributed by atoms with van der Waals surface area (Å²) in [5.41, 5.74) is 0. The van der Waals surface area contributed by atoms with Gasteiger partial charge in [-0.2, -0.15) is 0 Å². The SMILES string of the molecule is CCOC(=O)N1CC=CCC1. The zero-order valence-corrected chi connectivity index (χ0v) is 6.75. The van der Waals surface area contributed by atoms with E-state index in [1.54, 1.807) is 4.90 Å². The second kappa shape index (κ2) is 4.01. The van der Waals surface area contributed by atoms with E-state index in [2.05, 4.69) is 6.08 Å². The molecule has 62 valence electrons. The molecular formula is C8H13NO2. The molecule has 3 heteroatoms. The molecule has 0 N–H and O–H groups in total. The summed E-state index contributed by atoms with van der Waals surface area (Å²) in [4.78, 5) is 12.8. The number of carbonyl (C=O) groups excluding carboxylic acids is 1. The molecule has 3 nitrogen and oxygen atoms in total. The molecular weight excluding hydrogens is 142 g/mol. The van der Waals surface area contributed by atoms with Gasteiger partial charge in [0.25, 0.3) is 0 Å². The van der Waals surface area contributed by atoms with Gasteiger partial charge < -0.3 is 9.64 Å². The van der Waals surface area contributed by atoms with Crippen molar-refractivity contribution in [3.63, 3.8) is 0 Å². The Morgan fingerprint density at radius 2 is 2.45 bits per heavy atom. The van der Waals surface area contributed by atoms with Crippen LogP contribution in [0.25, 0.3) is 0 Å². The molecule has 0 aromatic heterocycles. The fourth-order valence-electron chi connectivity index (χ4n) is 1.02. The molecule has 0 atom stereocenters. The first kappa shape index (κ1) is 8.11. The van der Waals surface area contributed by atoms with Crippen molar-refractivity contribution in [3.8, 4) is 0 Å². The Morgan fingerprint density at radius 1 is 1.64 bits per heavy atom. The molecule has 1 aliphatic heterocycles. The first-order valence-electron chi connectivity index (χ1n) is 3.91. The molecule has 0 saturated carbocycles. The highest BCUT2D eigenvalue weighted by Gasteiger charge is 2.13. The Hall–Kier alpha value is -0.990. The molecule has 0 aliphatic carbocycles. The normalized spacial score (nSPS) is 16.6. The molecule has 0 aromatic rings. The van der Waals surface area contributed by atoms with Gasteiger partial charge in [-0.15, -0.1) is 0 Å². The minimum Gasteiger partial charge on any atom is -0.450 e. The lowest BCUT2D eigenvalue weighted by atomic mass is 10.3. The third kappa shape index (κ3) is 2.26. The van der Waals surface area contributed by atoms with E-state index in [1.165, 1.54) is 0 Å². The fraction of sp³-hybridized carbons (Fsp3) is 0.625. The molecule has 0 fully saturated rings. The van der Waals surface area contributed by atoms with Crippen LogP contribution in [0, 0.1) is 0 Å². The highest BCUT2D eigenvalue weighted by Crippen LogP contribution is 2.02. The minimum absolute atomic E-state index is 0.197. The Bertz CT molecular complexity index is 165. The van der Waals surface area contributed by atoms with Crippen LogP contribution in [0.2, 0.25) is 0 Å². The number of ether oxygens (including phenoxy) is 1. The first-order chi connectivity index (χ1) is 5.34. The van der Waals surface area contributed by atoms with Crippen LogP contribution >= 0.6 is 0 Å². The van der Waals surface area contributed by atoms with Crippen LogP contribution in [0.3, 0.4) is 0 Å². The second-order valence-corrected chi connectivity index (χ2v) is 2.41. The predicted molar refractivity (Wildman–Crippen MR) is 42.4 cm³/mol.